The molecule has 3 unspecified atom stereocenters. The second kappa shape index (κ2) is 13.4. The fraction of sp³-hybridized carbons (Fsp3) is 0.600. The van der Waals surface area contributed by atoms with Crippen molar-refractivity contribution in [2.24, 2.45) is 0 Å². The zero-order valence-corrected chi connectivity index (χ0v) is 24.1. The lowest BCUT2D eigenvalue weighted by Crippen LogP contribution is -2.59. The molecule has 5 nitrogen and oxygen atoms in total. The Kier molecular flexibility index (Phi) is 11.2. The number of rotatable bonds is 8. The molecule has 1 fully saturated rings. The van der Waals surface area contributed by atoms with E-state index in [0.717, 1.165) is 34.7 Å². The number of nitrogens with one attached hydrogen (secondary N) is 3. The highest BCUT2D eigenvalue weighted by Crippen LogP contribution is 2.42. The van der Waals surface area contributed by atoms with E-state index in [1.807, 2.05) is 12.1 Å². The molecule has 0 amide bonds. The van der Waals surface area contributed by atoms with Crippen LogP contribution in [0.1, 0.15) is 75.7 Å². The Labute approximate surface area is 228 Å². The second-order valence-corrected chi connectivity index (χ2v) is 13.1. The van der Waals surface area contributed by atoms with Crippen molar-refractivity contribution in [3.8, 4) is 0 Å². The van der Waals surface area contributed by atoms with Crippen molar-refractivity contribution >= 4 is 55.8 Å². The van der Waals surface area contributed by atoms with E-state index in [1.165, 1.54) is 37.7 Å². The number of allylic oxidation sites excluding steroid dienone is 1. The first-order valence-electron chi connectivity index (χ1n) is 12.2. The van der Waals surface area contributed by atoms with Gasteiger partial charge in [-0.3, -0.25) is 5.32 Å². The summed E-state index contributed by atoms with van der Waals surface area (Å²) >= 11 is 15.1. The van der Waals surface area contributed by atoms with Crippen molar-refractivity contribution in [1.82, 2.24) is 15.4 Å². The van der Waals surface area contributed by atoms with Crippen molar-refractivity contribution < 1.29 is 8.42 Å². The van der Waals surface area contributed by atoms with Crippen molar-refractivity contribution in [3.05, 3.63) is 55.5 Å². The number of hydrogen-bond donors (Lipinski definition) is 3. The average Bonchev–Trinajstić information content (AvgIpc) is 2.80. The van der Waals surface area contributed by atoms with E-state index in [4.69, 9.17) is 23.2 Å². The van der Waals surface area contributed by atoms with Crippen LogP contribution in [0.25, 0.3) is 0 Å². The highest BCUT2D eigenvalue weighted by molar-refractivity contribution is 14.1. The van der Waals surface area contributed by atoms with Crippen LogP contribution in [-0.2, 0) is 10.0 Å². The van der Waals surface area contributed by atoms with E-state index in [2.05, 4.69) is 56.7 Å². The molecule has 1 aliphatic heterocycles. The van der Waals surface area contributed by atoms with Crippen LogP contribution in [0.3, 0.4) is 0 Å². The number of halogens is 3. The summed E-state index contributed by atoms with van der Waals surface area (Å²) in [5.41, 5.74) is 1.18. The van der Waals surface area contributed by atoms with Crippen LogP contribution in [-0.4, -0.2) is 33.2 Å². The molecule has 9 heteroatoms. The van der Waals surface area contributed by atoms with Gasteiger partial charge in [-0.2, -0.15) is 0 Å². The highest BCUT2D eigenvalue weighted by atomic mass is 127. The Balaban J connectivity index is 1.77. The maximum atomic E-state index is 11.6. The molecule has 0 aromatic heterocycles. The van der Waals surface area contributed by atoms with Gasteiger partial charge < -0.3 is 5.32 Å². The molecular weight excluding hydrogens is 604 g/mol. The molecular formula is C25H36Cl2IN3O2S. The number of piperidine rings is 1. The minimum Gasteiger partial charge on any atom is -0.302 e. The molecule has 1 spiro atoms. The van der Waals surface area contributed by atoms with E-state index < -0.39 is 10.0 Å². The molecule has 3 atom stereocenters. The maximum absolute atomic E-state index is 11.6. The van der Waals surface area contributed by atoms with Crippen molar-refractivity contribution in [2.45, 2.75) is 81.8 Å². The second-order valence-electron chi connectivity index (χ2n) is 9.40. The van der Waals surface area contributed by atoms with Gasteiger partial charge in [0.05, 0.1) is 16.2 Å². The van der Waals surface area contributed by atoms with Gasteiger partial charge in [0.25, 0.3) is 0 Å². The van der Waals surface area contributed by atoms with Crippen LogP contribution in [0.4, 0.5) is 0 Å². The van der Waals surface area contributed by atoms with Crippen LogP contribution in [0.5, 0.6) is 0 Å². The summed E-state index contributed by atoms with van der Waals surface area (Å²) in [5, 5.41) is 9.71. The van der Waals surface area contributed by atoms with Crippen LogP contribution in [0.15, 0.2) is 36.3 Å². The van der Waals surface area contributed by atoms with Crippen molar-refractivity contribution in [2.75, 3.05) is 13.1 Å². The first kappa shape index (κ1) is 28.4. The zero-order valence-electron chi connectivity index (χ0n) is 19.6. The SMILES string of the molecule is C=CS(=O)(=O)NCCCNC1CC(c2cc(Cl)c(Cl)cc2I)CC2(/C=C\CCCCCCC2)N1. The molecule has 0 saturated carbocycles. The summed E-state index contributed by atoms with van der Waals surface area (Å²) in [6, 6.07) is 4.01. The standard InChI is InChI=1S/C25H36Cl2IN3O2S/c1-2-34(32,33)30-14-10-13-29-24-15-19(20-16-21(26)22(27)17-23(20)28)18-25(31-24)11-8-6-4-3-5-7-9-12-25/h2,8,11,16-17,19,24,29-31H,1,3-7,9-10,12-15,18H2/b11-8-. The molecule has 3 N–H and O–H groups in total. The van der Waals surface area contributed by atoms with Crippen molar-refractivity contribution in [1.29, 1.82) is 0 Å². The van der Waals surface area contributed by atoms with Crippen molar-refractivity contribution in [3.63, 3.8) is 0 Å². The molecule has 3 rings (SSSR count). The summed E-state index contributed by atoms with van der Waals surface area (Å²) in [6.45, 7) is 4.43. The monoisotopic (exact) mass is 639 g/mol. The third kappa shape index (κ3) is 8.46. The lowest BCUT2D eigenvalue weighted by atomic mass is 9.74. The summed E-state index contributed by atoms with van der Waals surface area (Å²) in [5.74, 6) is 0.340. The maximum Gasteiger partial charge on any atom is 0.233 e. The molecule has 1 saturated heterocycles. The summed E-state index contributed by atoms with van der Waals surface area (Å²) < 4.78 is 26.8. The Hall–Kier alpha value is -0.160. The van der Waals surface area contributed by atoms with E-state index >= 15 is 0 Å². The molecule has 190 valence electrons. The third-order valence-corrected chi connectivity index (χ3v) is 9.47. The fourth-order valence-electron chi connectivity index (χ4n) is 5.05. The lowest BCUT2D eigenvalue weighted by molar-refractivity contribution is 0.188. The van der Waals surface area contributed by atoms with Gasteiger partial charge in [0.15, 0.2) is 0 Å². The van der Waals surface area contributed by atoms with Crippen LogP contribution < -0.4 is 15.4 Å². The summed E-state index contributed by atoms with van der Waals surface area (Å²) in [4.78, 5) is 0. The van der Waals surface area contributed by atoms with Crippen LogP contribution in [0, 0.1) is 3.57 Å². The number of benzene rings is 1. The van der Waals surface area contributed by atoms with Gasteiger partial charge in [-0.1, -0.05) is 67.6 Å². The Morgan fingerprint density at radius 1 is 1.15 bits per heavy atom. The molecule has 34 heavy (non-hydrogen) atoms. The van der Waals surface area contributed by atoms with Gasteiger partial charge in [-0.05, 0) is 91.3 Å². The molecule has 1 aliphatic carbocycles. The molecule has 1 heterocycles. The first-order chi connectivity index (χ1) is 16.2. The predicted octanol–water partition coefficient (Wildman–Crippen LogP) is 6.47. The van der Waals surface area contributed by atoms with Gasteiger partial charge in [-0.15, -0.1) is 0 Å². The highest BCUT2D eigenvalue weighted by Gasteiger charge is 2.39. The quantitative estimate of drug-likeness (QED) is 0.132. The predicted molar refractivity (Wildman–Crippen MR) is 152 cm³/mol. The Morgan fingerprint density at radius 3 is 2.68 bits per heavy atom. The largest absolute Gasteiger partial charge is 0.302 e. The van der Waals surface area contributed by atoms with E-state index in [0.29, 0.717) is 35.5 Å². The third-order valence-electron chi connectivity index (χ3n) is 6.77. The van der Waals surface area contributed by atoms with Gasteiger partial charge in [0.2, 0.25) is 10.0 Å². The smallest absolute Gasteiger partial charge is 0.233 e. The van der Waals surface area contributed by atoms with E-state index in [-0.39, 0.29) is 11.7 Å². The minimum atomic E-state index is -3.38. The normalized spacial score (nSPS) is 27.4. The van der Waals surface area contributed by atoms with Crippen LogP contribution in [0.2, 0.25) is 10.0 Å². The lowest BCUT2D eigenvalue weighted by Gasteiger charge is -2.45. The number of sulfonamides is 1. The van der Waals surface area contributed by atoms with Gasteiger partial charge >= 0.3 is 0 Å². The minimum absolute atomic E-state index is 0.0719. The van der Waals surface area contributed by atoms with Gasteiger partial charge in [-0.25, -0.2) is 13.1 Å². The molecule has 0 radical (unpaired) electrons. The molecule has 1 aromatic rings. The van der Waals surface area contributed by atoms with Gasteiger partial charge in [0, 0.05) is 21.1 Å². The molecule has 2 aliphatic rings. The van der Waals surface area contributed by atoms with Crippen LogP contribution >= 0.6 is 45.8 Å². The number of hydrogen-bond acceptors (Lipinski definition) is 4. The molecule has 0 bridgehead atoms. The first-order valence-corrected chi connectivity index (χ1v) is 15.6. The topological polar surface area (TPSA) is 70.2 Å². The molecule has 1 aromatic carbocycles. The summed E-state index contributed by atoms with van der Waals surface area (Å²) in [7, 11) is -3.38. The average molecular weight is 640 g/mol. The Morgan fingerprint density at radius 2 is 1.88 bits per heavy atom. The zero-order chi connectivity index (χ0) is 24.6. The Bertz CT molecular complexity index is 973. The fourth-order valence-corrected chi connectivity index (χ4v) is 7.02. The van der Waals surface area contributed by atoms with E-state index in [9.17, 15) is 8.42 Å². The summed E-state index contributed by atoms with van der Waals surface area (Å²) in [6.07, 6.45) is 16.1. The van der Waals surface area contributed by atoms with E-state index in [1.54, 1.807) is 0 Å². The van der Waals surface area contributed by atoms with Gasteiger partial charge in [0.1, 0.15) is 0 Å².